The standard InChI is InChI=1S/C24H19N3/c1-3-11-19(12-4-1)23-25-26-24(20-13-5-2-6-14-20)27(23)22-17-9-15-18-10-7-8-16-21(18)22/h1-13,15-17,20H,14H2. The van der Waals surface area contributed by atoms with Gasteiger partial charge in [0.15, 0.2) is 5.82 Å². The number of nitrogens with zero attached hydrogens (tertiary/aromatic N) is 3. The molecule has 0 aliphatic heterocycles. The molecule has 4 aromatic rings. The highest BCUT2D eigenvalue weighted by Crippen LogP contribution is 2.33. The third-order valence-electron chi connectivity index (χ3n) is 5.04. The summed E-state index contributed by atoms with van der Waals surface area (Å²) in [5, 5.41) is 11.6. The Hall–Kier alpha value is -3.46. The van der Waals surface area contributed by atoms with Crippen molar-refractivity contribution in [1.82, 2.24) is 14.8 Å². The van der Waals surface area contributed by atoms with Crippen LogP contribution in [-0.2, 0) is 0 Å². The van der Waals surface area contributed by atoms with Gasteiger partial charge in [0, 0.05) is 16.9 Å². The summed E-state index contributed by atoms with van der Waals surface area (Å²) >= 11 is 0. The van der Waals surface area contributed by atoms with E-state index in [2.05, 4.69) is 93.7 Å². The van der Waals surface area contributed by atoms with Gasteiger partial charge in [-0.25, -0.2) is 0 Å². The molecule has 1 atom stereocenters. The molecule has 3 heteroatoms. The monoisotopic (exact) mass is 349 g/mol. The molecule has 0 spiro atoms. The first-order valence-electron chi connectivity index (χ1n) is 9.24. The number of aromatic nitrogens is 3. The second kappa shape index (κ2) is 6.69. The quantitative estimate of drug-likeness (QED) is 0.476. The van der Waals surface area contributed by atoms with Gasteiger partial charge in [-0.15, -0.1) is 10.2 Å². The van der Waals surface area contributed by atoms with Crippen LogP contribution < -0.4 is 0 Å². The molecule has 1 aliphatic carbocycles. The molecule has 0 saturated heterocycles. The van der Waals surface area contributed by atoms with E-state index in [-0.39, 0.29) is 5.92 Å². The number of hydrogen-bond acceptors (Lipinski definition) is 2. The molecule has 130 valence electrons. The fourth-order valence-corrected chi connectivity index (χ4v) is 3.72. The Balaban J connectivity index is 1.79. The van der Waals surface area contributed by atoms with Gasteiger partial charge in [0.1, 0.15) is 5.82 Å². The predicted octanol–water partition coefficient (Wildman–Crippen LogP) is 5.69. The minimum Gasteiger partial charge on any atom is -0.278 e. The van der Waals surface area contributed by atoms with Gasteiger partial charge in [0.2, 0.25) is 0 Å². The zero-order chi connectivity index (χ0) is 18.1. The van der Waals surface area contributed by atoms with E-state index in [1.807, 2.05) is 18.2 Å². The lowest BCUT2D eigenvalue weighted by atomic mass is 9.99. The summed E-state index contributed by atoms with van der Waals surface area (Å²) in [6.45, 7) is 0. The maximum absolute atomic E-state index is 4.63. The van der Waals surface area contributed by atoms with Gasteiger partial charge in [0.25, 0.3) is 0 Å². The zero-order valence-electron chi connectivity index (χ0n) is 14.9. The maximum Gasteiger partial charge on any atom is 0.168 e. The first kappa shape index (κ1) is 15.8. The number of hydrogen-bond donors (Lipinski definition) is 0. The second-order valence-electron chi connectivity index (χ2n) is 6.74. The average Bonchev–Trinajstić information content (AvgIpc) is 3.19. The Morgan fingerprint density at radius 3 is 2.44 bits per heavy atom. The molecular weight excluding hydrogens is 330 g/mol. The van der Waals surface area contributed by atoms with Crippen molar-refractivity contribution in [1.29, 1.82) is 0 Å². The zero-order valence-corrected chi connectivity index (χ0v) is 14.9. The molecule has 0 saturated carbocycles. The molecule has 0 bridgehead atoms. The van der Waals surface area contributed by atoms with Gasteiger partial charge >= 0.3 is 0 Å². The second-order valence-corrected chi connectivity index (χ2v) is 6.74. The van der Waals surface area contributed by atoms with Crippen molar-refractivity contribution in [2.45, 2.75) is 12.3 Å². The Bertz CT molecular complexity index is 1150. The summed E-state index contributed by atoms with van der Waals surface area (Å²) in [6.07, 6.45) is 9.52. The van der Waals surface area contributed by atoms with Gasteiger partial charge in [-0.2, -0.15) is 0 Å². The van der Waals surface area contributed by atoms with Crippen LogP contribution >= 0.6 is 0 Å². The highest BCUT2D eigenvalue weighted by molar-refractivity contribution is 5.90. The molecule has 0 fully saturated rings. The van der Waals surface area contributed by atoms with Crippen LogP contribution in [0.2, 0.25) is 0 Å². The lowest BCUT2D eigenvalue weighted by Crippen LogP contribution is -2.08. The van der Waals surface area contributed by atoms with Crippen molar-refractivity contribution in [2.75, 3.05) is 0 Å². The van der Waals surface area contributed by atoms with E-state index < -0.39 is 0 Å². The molecule has 0 N–H and O–H groups in total. The summed E-state index contributed by atoms with van der Waals surface area (Å²) in [6, 6.07) is 25.2. The van der Waals surface area contributed by atoms with Gasteiger partial charge < -0.3 is 0 Å². The lowest BCUT2D eigenvalue weighted by molar-refractivity contribution is 0.747. The highest BCUT2D eigenvalue weighted by Gasteiger charge is 2.22. The Morgan fingerprint density at radius 2 is 1.59 bits per heavy atom. The summed E-state index contributed by atoms with van der Waals surface area (Å²) in [4.78, 5) is 0. The molecule has 1 aromatic heterocycles. The van der Waals surface area contributed by atoms with Crippen LogP contribution in [0.25, 0.3) is 27.8 Å². The Morgan fingerprint density at radius 1 is 0.778 bits per heavy atom. The molecular formula is C24H19N3. The third-order valence-corrected chi connectivity index (χ3v) is 5.04. The van der Waals surface area contributed by atoms with Crippen LogP contribution in [0.3, 0.4) is 0 Å². The SMILES string of the molecule is C1=CCC(c2nnc(-c3ccccc3)n2-c2cccc3ccccc23)C=C1. The molecule has 1 aliphatic rings. The lowest BCUT2D eigenvalue weighted by Gasteiger charge is -2.17. The van der Waals surface area contributed by atoms with Crippen LogP contribution in [0.15, 0.2) is 97.1 Å². The van der Waals surface area contributed by atoms with E-state index in [9.17, 15) is 0 Å². The first-order valence-corrected chi connectivity index (χ1v) is 9.24. The normalized spacial score (nSPS) is 16.1. The van der Waals surface area contributed by atoms with Gasteiger partial charge in [0.05, 0.1) is 5.69 Å². The van der Waals surface area contributed by atoms with E-state index in [4.69, 9.17) is 0 Å². The number of rotatable bonds is 3. The molecule has 1 unspecified atom stereocenters. The Kier molecular flexibility index (Phi) is 3.91. The molecule has 27 heavy (non-hydrogen) atoms. The Labute approximate surface area is 158 Å². The summed E-state index contributed by atoms with van der Waals surface area (Å²) in [5.74, 6) is 2.08. The van der Waals surface area contributed by atoms with E-state index in [1.54, 1.807) is 0 Å². The molecule has 5 rings (SSSR count). The average molecular weight is 349 g/mol. The topological polar surface area (TPSA) is 30.7 Å². The fraction of sp³-hybridized carbons (Fsp3) is 0.0833. The van der Waals surface area contributed by atoms with Crippen LogP contribution in [-0.4, -0.2) is 14.8 Å². The van der Waals surface area contributed by atoms with E-state index >= 15 is 0 Å². The van der Waals surface area contributed by atoms with Crippen molar-refractivity contribution >= 4 is 10.8 Å². The fourth-order valence-electron chi connectivity index (χ4n) is 3.72. The van der Waals surface area contributed by atoms with Crippen LogP contribution in [0, 0.1) is 0 Å². The van der Waals surface area contributed by atoms with E-state index in [0.29, 0.717) is 0 Å². The van der Waals surface area contributed by atoms with E-state index in [1.165, 1.54) is 10.8 Å². The minimum absolute atomic E-state index is 0.221. The van der Waals surface area contributed by atoms with Gasteiger partial charge in [-0.3, -0.25) is 4.57 Å². The highest BCUT2D eigenvalue weighted by atomic mass is 15.3. The largest absolute Gasteiger partial charge is 0.278 e. The molecule has 0 amide bonds. The molecule has 1 heterocycles. The minimum atomic E-state index is 0.221. The van der Waals surface area contributed by atoms with Crippen molar-refractivity contribution in [3.05, 3.63) is 103 Å². The summed E-state index contributed by atoms with van der Waals surface area (Å²) in [5.41, 5.74) is 2.19. The van der Waals surface area contributed by atoms with Gasteiger partial charge in [-0.05, 0) is 17.9 Å². The predicted molar refractivity (Wildman–Crippen MR) is 110 cm³/mol. The number of fused-ring (bicyclic) bond motifs is 1. The van der Waals surface area contributed by atoms with Crippen molar-refractivity contribution in [2.24, 2.45) is 0 Å². The van der Waals surface area contributed by atoms with Crippen molar-refractivity contribution in [3.63, 3.8) is 0 Å². The molecule has 0 radical (unpaired) electrons. The maximum atomic E-state index is 4.63. The number of benzene rings is 3. The van der Waals surface area contributed by atoms with Crippen molar-refractivity contribution < 1.29 is 0 Å². The van der Waals surface area contributed by atoms with Crippen LogP contribution in [0.5, 0.6) is 0 Å². The first-order chi connectivity index (χ1) is 13.4. The van der Waals surface area contributed by atoms with E-state index in [0.717, 1.165) is 29.3 Å². The molecule has 3 aromatic carbocycles. The summed E-state index contributed by atoms with van der Waals surface area (Å²) < 4.78 is 2.23. The van der Waals surface area contributed by atoms with Crippen LogP contribution in [0.1, 0.15) is 18.2 Å². The smallest absolute Gasteiger partial charge is 0.168 e. The van der Waals surface area contributed by atoms with Crippen LogP contribution in [0.4, 0.5) is 0 Å². The summed E-state index contributed by atoms with van der Waals surface area (Å²) in [7, 11) is 0. The molecule has 3 nitrogen and oxygen atoms in total. The number of allylic oxidation sites excluding steroid dienone is 4. The van der Waals surface area contributed by atoms with Gasteiger partial charge in [-0.1, -0.05) is 91.0 Å². The van der Waals surface area contributed by atoms with Crippen molar-refractivity contribution in [3.8, 4) is 17.1 Å². The third kappa shape index (κ3) is 2.77.